The summed E-state index contributed by atoms with van der Waals surface area (Å²) in [5.74, 6) is -0.731. The van der Waals surface area contributed by atoms with Gasteiger partial charge in [-0.15, -0.1) is 0 Å². The highest BCUT2D eigenvalue weighted by atomic mass is 19.1. The van der Waals surface area contributed by atoms with E-state index in [0.717, 1.165) is 17.0 Å². The maximum atomic E-state index is 13.8. The van der Waals surface area contributed by atoms with Gasteiger partial charge in [-0.05, 0) is 38.1 Å². The van der Waals surface area contributed by atoms with Gasteiger partial charge in [-0.3, -0.25) is 4.79 Å². The van der Waals surface area contributed by atoms with Crippen molar-refractivity contribution in [2.45, 2.75) is 25.9 Å². The summed E-state index contributed by atoms with van der Waals surface area (Å²) in [5, 5.41) is 5.56. The van der Waals surface area contributed by atoms with Crippen LogP contribution in [0.1, 0.15) is 37.3 Å². The lowest BCUT2D eigenvalue weighted by Gasteiger charge is -2.14. The highest BCUT2D eigenvalue weighted by molar-refractivity contribution is 5.79. The molecule has 4 nitrogen and oxygen atoms in total. The van der Waals surface area contributed by atoms with Gasteiger partial charge in [0, 0.05) is 17.0 Å². The average Bonchev–Trinajstić information content (AvgIpc) is 3.04. The molecule has 0 radical (unpaired) electrons. The Hall–Kier alpha value is -2.73. The van der Waals surface area contributed by atoms with Crippen molar-refractivity contribution < 1.29 is 23.3 Å². The summed E-state index contributed by atoms with van der Waals surface area (Å²) in [6.45, 7) is 3.74. The molecule has 3 N–H and O–H groups in total. The highest BCUT2D eigenvalue weighted by Gasteiger charge is 2.18. The van der Waals surface area contributed by atoms with E-state index in [1.807, 2.05) is 37.3 Å². The number of fused-ring (bicyclic) bond motifs is 1. The molecule has 3 rings (SSSR count). The predicted octanol–water partition coefficient (Wildman–Crippen LogP) is 3.21. The van der Waals surface area contributed by atoms with Crippen molar-refractivity contribution in [1.82, 2.24) is 5.32 Å². The van der Waals surface area contributed by atoms with Crippen LogP contribution in [-0.4, -0.2) is 12.5 Å². The summed E-state index contributed by atoms with van der Waals surface area (Å²) in [5.41, 5.74) is 1.14. The number of hydrogen-bond acceptors (Lipinski definition) is 2. The van der Waals surface area contributed by atoms with Crippen LogP contribution in [0.3, 0.4) is 0 Å². The number of amides is 1. The number of quaternary nitrogens is 1. The number of nitrogens with one attached hydrogen (secondary N) is 1. The lowest BCUT2D eigenvalue weighted by atomic mass is 10.1. The van der Waals surface area contributed by atoms with Crippen molar-refractivity contribution in [3.63, 3.8) is 0 Å². The zero-order chi connectivity index (χ0) is 18.7. The van der Waals surface area contributed by atoms with Gasteiger partial charge in [0.15, 0.2) is 6.54 Å². The molecule has 0 saturated heterocycles. The summed E-state index contributed by atoms with van der Waals surface area (Å²) in [7, 11) is 0. The molecule has 0 unspecified atom stereocenters. The lowest BCUT2D eigenvalue weighted by Crippen LogP contribution is -2.87. The van der Waals surface area contributed by atoms with Gasteiger partial charge in [0.25, 0.3) is 5.91 Å². The summed E-state index contributed by atoms with van der Waals surface area (Å²) >= 11 is 0. The Balaban J connectivity index is 1.56. The summed E-state index contributed by atoms with van der Waals surface area (Å²) in [6.07, 6.45) is 0. The molecule has 0 fully saturated rings. The first kappa shape index (κ1) is 18.1. The van der Waals surface area contributed by atoms with E-state index < -0.39 is 11.6 Å². The number of carbonyl (C=O) groups is 1. The molecule has 26 heavy (non-hydrogen) atoms. The highest BCUT2D eigenvalue weighted by Crippen LogP contribution is 2.23. The third-order valence-electron chi connectivity index (χ3n) is 4.36. The fourth-order valence-corrected chi connectivity index (χ4v) is 2.87. The molecule has 3 aromatic rings. The number of benzene rings is 2. The van der Waals surface area contributed by atoms with Crippen LogP contribution in [0, 0.1) is 11.6 Å². The van der Waals surface area contributed by atoms with Crippen molar-refractivity contribution in [3.05, 3.63) is 71.5 Å². The smallest absolute Gasteiger partial charge is 0.275 e. The van der Waals surface area contributed by atoms with Crippen LogP contribution in [0.2, 0.25) is 0 Å². The molecule has 0 aliphatic rings. The van der Waals surface area contributed by atoms with Gasteiger partial charge >= 0.3 is 0 Å². The minimum Gasteiger partial charge on any atom is -0.459 e. The third kappa shape index (κ3) is 4.08. The van der Waals surface area contributed by atoms with E-state index in [4.69, 9.17) is 4.42 Å². The fraction of sp³-hybridized carbons (Fsp3) is 0.250. The van der Waals surface area contributed by atoms with Crippen LogP contribution in [0.5, 0.6) is 0 Å². The molecule has 0 bridgehead atoms. The molecule has 0 spiro atoms. The second kappa shape index (κ2) is 7.66. The zero-order valence-corrected chi connectivity index (χ0v) is 14.6. The van der Waals surface area contributed by atoms with Crippen LogP contribution in [0.15, 0.2) is 52.9 Å². The quantitative estimate of drug-likeness (QED) is 0.710. The monoisotopic (exact) mass is 359 g/mol. The van der Waals surface area contributed by atoms with E-state index in [1.165, 1.54) is 12.1 Å². The van der Waals surface area contributed by atoms with E-state index in [-0.39, 0.29) is 24.5 Å². The van der Waals surface area contributed by atoms with E-state index >= 15 is 0 Å². The number of rotatable bonds is 6. The van der Waals surface area contributed by atoms with Crippen LogP contribution >= 0.6 is 0 Å². The fourth-order valence-electron chi connectivity index (χ4n) is 2.87. The summed E-state index contributed by atoms with van der Waals surface area (Å²) < 4.78 is 32.5. The molecule has 0 saturated carbocycles. The molecule has 2 atom stereocenters. The van der Waals surface area contributed by atoms with E-state index in [0.29, 0.717) is 11.3 Å². The Bertz CT molecular complexity index is 890. The number of furan rings is 1. The van der Waals surface area contributed by atoms with Crippen molar-refractivity contribution in [2.75, 3.05) is 6.54 Å². The molecular formula is C20H21F2N2O2+. The Labute approximate surface area is 150 Å². The molecule has 2 aromatic carbocycles. The van der Waals surface area contributed by atoms with Gasteiger partial charge in [-0.1, -0.05) is 18.2 Å². The molecule has 1 aromatic heterocycles. The van der Waals surface area contributed by atoms with Gasteiger partial charge in [0.2, 0.25) is 0 Å². The summed E-state index contributed by atoms with van der Waals surface area (Å²) in [6, 6.07) is 12.4. The average molecular weight is 359 g/mol. The van der Waals surface area contributed by atoms with Gasteiger partial charge in [-0.25, -0.2) is 8.78 Å². The first-order valence-electron chi connectivity index (χ1n) is 8.50. The largest absolute Gasteiger partial charge is 0.459 e. The molecular weight excluding hydrogens is 338 g/mol. The Morgan fingerprint density at radius 2 is 1.92 bits per heavy atom. The molecule has 0 aliphatic carbocycles. The molecule has 1 heterocycles. The second-order valence-electron chi connectivity index (χ2n) is 6.37. The minimum absolute atomic E-state index is 0.128. The number of carbonyl (C=O) groups excluding carboxylic acids is 1. The maximum absolute atomic E-state index is 13.8. The van der Waals surface area contributed by atoms with E-state index in [2.05, 4.69) is 5.32 Å². The van der Waals surface area contributed by atoms with Crippen LogP contribution in [0.4, 0.5) is 8.78 Å². The van der Waals surface area contributed by atoms with Gasteiger partial charge in [0.05, 0.1) is 6.04 Å². The van der Waals surface area contributed by atoms with E-state index in [9.17, 15) is 13.6 Å². The number of para-hydroxylation sites is 1. The van der Waals surface area contributed by atoms with Crippen molar-refractivity contribution in [1.29, 1.82) is 0 Å². The van der Waals surface area contributed by atoms with Gasteiger partial charge < -0.3 is 15.1 Å². The SMILES string of the molecule is C[C@@H](NC(=O)C[NH2+][C@H](C)c1ccc(F)cc1F)c1cc2ccccc2o1. The first-order valence-corrected chi connectivity index (χ1v) is 8.50. The maximum Gasteiger partial charge on any atom is 0.275 e. The third-order valence-corrected chi connectivity index (χ3v) is 4.36. The van der Waals surface area contributed by atoms with Gasteiger partial charge in [-0.2, -0.15) is 0 Å². The van der Waals surface area contributed by atoms with Crippen molar-refractivity contribution in [2.24, 2.45) is 0 Å². The normalized spacial score (nSPS) is 13.5. The van der Waals surface area contributed by atoms with Crippen LogP contribution in [0.25, 0.3) is 11.0 Å². The minimum atomic E-state index is -0.615. The topological polar surface area (TPSA) is 58.9 Å². The standard InChI is InChI=1S/C20H20F2N2O2/c1-12(16-8-7-15(21)10-17(16)22)23-11-20(25)24-13(2)19-9-14-5-3-4-6-18(14)26-19/h3-10,12-13,23H,11H2,1-2H3,(H,24,25)/p+1/t12-,13-/m1/s1. The Morgan fingerprint density at radius 1 is 1.15 bits per heavy atom. The summed E-state index contributed by atoms with van der Waals surface area (Å²) in [4.78, 5) is 12.2. The molecule has 0 aliphatic heterocycles. The predicted molar refractivity (Wildman–Crippen MR) is 94.3 cm³/mol. The van der Waals surface area contributed by atoms with Crippen molar-refractivity contribution in [3.8, 4) is 0 Å². The number of nitrogens with two attached hydrogens (primary N) is 1. The zero-order valence-electron chi connectivity index (χ0n) is 14.6. The lowest BCUT2D eigenvalue weighted by molar-refractivity contribution is -0.682. The van der Waals surface area contributed by atoms with Crippen LogP contribution < -0.4 is 10.6 Å². The first-order chi connectivity index (χ1) is 12.4. The second-order valence-corrected chi connectivity index (χ2v) is 6.37. The van der Waals surface area contributed by atoms with E-state index in [1.54, 1.807) is 12.2 Å². The Morgan fingerprint density at radius 3 is 2.65 bits per heavy atom. The Kier molecular flexibility index (Phi) is 5.32. The number of halogens is 2. The van der Waals surface area contributed by atoms with Crippen molar-refractivity contribution >= 4 is 16.9 Å². The molecule has 136 valence electrons. The van der Waals surface area contributed by atoms with Gasteiger partial charge in [0.1, 0.15) is 29.0 Å². The van der Waals surface area contributed by atoms with Crippen LogP contribution in [-0.2, 0) is 4.79 Å². The molecule has 6 heteroatoms. The number of hydrogen-bond donors (Lipinski definition) is 2. The molecule has 1 amide bonds.